The third-order valence-electron chi connectivity index (χ3n) is 4.08. The molecule has 0 radical (unpaired) electrons. The van der Waals surface area contributed by atoms with Gasteiger partial charge < -0.3 is 0 Å². The molecule has 0 fully saturated rings. The van der Waals surface area contributed by atoms with Gasteiger partial charge >= 0.3 is 0 Å². The number of benzene rings is 4. The molecule has 4 aromatic rings. The number of hydrogen-bond donors (Lipinski definition) is 0. The number of halogens is 1. The summed E-state index contributed by atoms with van der Waals surface area (Å²) in [5.74, 6) is 0. The van der Waals surface area contributed by atoms with Gasteiger partial charge in [-0.1, -0.05) is 134 Å². The second-order valence-corrected chi connectivity index (χ2v) is 8.18. The molecule has 0 aliphatic rings. The highest BCUT2D eigenvalue weighted by Gasteiger charge is 2.14. The summed E-state index contributed by atoms with van der Waals surface area (Å²) in [6.07, 6.45) is 1.83. The monoisotopic (exact) mass is 402 g/mol. The molecule has 28 heavy (non-hydrogen) atoms. The Balaban J connectivity index is 0.000000264. The van der Waals surface area contributed by atoms with Gasteiger partial charge in [0.1, 0.15) is 0 Å². The Morgan fingerprint density at radius 2 is 0.750 bits per heavy atom. The Bertz CT molecular complexity index is 829. The van der Waals surface area contributed by atoms with Crippen LogP contribution in [0.4, 0.5) is 0 Å². The molecule has 0 aliphatic heterocycles. The van der Waals surface area contributed by atoms with Crippen LogP contribution in [0.25, 0.3) is 6.08 Å². The molecule has 4 rings (SSSR count). The van der Waals surface area contributed by atoms with Crippen molar-refractivity contribution in [1.29, 1.82) is 0 Å². The number of hydrogen-bond acceptors (Lipinski definition) is 0. The van der Waals surface area contributed by atoms with Gasteiger partial charge in [0, 0.05) is 0 Å². The second kappa shape index (κ2) is 11.9. The van der Waals surface area contributed by atoms with Crippen LogP contribution in [-0.4, -0.2) is 0 Å². The van der Waals surface area contributed by atoms with Gasteiger partial charge in [-0.2, -0.15) is 0 Å². The minimum Gasteiger partial charge on any atom is -0.147 e. The van der Waals surface area contributed by atoms with E-state index in [4.69, 9.17) is 0 Å². The summed E-state index contributed by atoms with van der Waals surface area (Å²) in [7, 11) is -0.446. The van der Waals surface area contributed by atoms with Crippen LogP contribution in [0.1, 0.15) is 5.56 Å². The lowest BCUT2D eigenvalue weighted by molar-refractivity contribution is 1.67. The third-order valence-corrected chi connectivity index (χ3v) is 6.52. The highest BCUT2D eigenvalue weighted by molar-refractivity contribution is 7.79. The summed E-state index contributed by atoms with van der Waals surface area (Å²) < 4.78 is 0. The predicted octanol–water partition coefficient (Wildman–Crippen LogP) is 6.20. The minimum atomic E-state index is -0.446. The maximum absolute atomic E-state index is 3.63. The van der Waals surface area contributed by atoms with Crippen molar-refractivity contribution >= 4 is 42.3 Å². The Morgan fingerprint density at radius 3 is 1.00 bits per heavy atom. The lowest BCUT2D eigenvalue weighted by Crippen LogP contribution is -2.20. The molecule has 0 spiro atoms. The summed E-state index contributed by atoms with van der Waals surface area (Å²) in [6.45, 7) is 3.63. The quantitative estimate of drug-likeness (QED) is 0.357. The predicted molar refractivity (Wildman–Crippen MR) is 129 cm³/mol. The van der Waals surface area contributed by atoms with Crippen molar-refractivity contribution in [1.82, 2.24) is 0 Å². The fraction of sp³-hybridized carbons (Fsp3) is 0. The molecule has 0 N–H and O–H groups in total. The van der Waals surface area contributed by atoms with E-state index in [0.717, 1.165) is 0 Å². The van der Waals surface area contributed by atoms with Crippen LogP contribution in [0.15, 0.2) is 128 Å². The van der Waals surface area contributed by atoms with Crippen molar-refractivity contribution < 1.29 is 0 Å². The van der Waals surface area contributed by atoms with Crippen molar-refractivity contribution in [3.63, 3.8) is 0 Å². The van der Waals surface area contributed by atoms with Crippen LogP contribution >= 0.6 is 20.3 Å². The molecule has 0 heterocycles. The molecule has 0 aliphatic carbocycles. The summed E-state index contributed by atoms with van der Waals surface area (Å²) >= 11 is 0. The summed E-state index contributed by atoms with van der Waals surface area (Å²) in [4.78, 5) is 0. The summed E-state index contributed by atoms with van der Waals surface area (Å²) in [6, 6.07) is 42.4. The maximum atomic E-state index is 3.63. The molecule has 0 atom stereocenters. The van der Waals surface area contributed by atoms with Crippen LogP contribution in [-0.2, 0) is 0 Å². The summed E-state index contributed by atoms with van der Waals surface area (Å²) in [5.41, 5.74) is 1.17. The van der Waals surface area contributed by atoms with Crippen LogP contribution in [0.3, 0.4) is 0 Å². The number of rotatable bonds is 4. The summed E-state index contributed by atoms with van der Waals surface area (Å²) in [5, 5.41) is 4.19. The SMILES string of the molecule is C=Cc1ccccc1.Cl.c1ccc(P(c2ccccc2)c2ccccc2)cc1. The molecular weight excluding hydrogens is 379 g/mol. The lowest BCUT2D eigenvalue weighted by Gasteiger charge is -2.18. The van der Waals surface area contributed by atoms with E-state index >= 15 is 0 Å². The van der Waals surface area contributed by atoms with Crippen LogP contribution in [0, 0.1) is 0 Å². The third kappa shape index (κ3) is 6.20. The average Bonchev–Trinajstić information content (AvgIpc) is 2.77. The van der Waals surface area contributed by atoms with Crippen LogP contribution in [0.5, 0.6) is 0 Å². The topological polar surface area (TPSA) is 0 Å². The first-order valence-electron chi connectivity index (χ1n) is 9.01. The smallest absolute Gasteiger partial charge is 0.0134 e. The molecule has 4 aromatic carbocycles. The zero-order chi connectivity index (χ0) is 18.7. The molecule has 2 heteroatoms. The Hall–Kier alpha value is -2.66. The van der Waals surface area contributed by atoms with Gasteiger partial charge in [-0.25, -0.2) is 0 Å². The first-order chi connectivity index (χ1) is 13.4. The highest BCUT2D eigenvalue weighted by atomic mass is 35.5. The van der Waals surface area contributed by atoms with E-state index in [1.165, 1.54) is 21.5 Å². The standard InChI is InChI=1S/C18H15P.C8H8.ClH/c1-4-10-16(11-5-1)19(17-12-6-2-7-13-17)18-14-8-3-9-15-18;1-2-8-6-4-3-5-7-8;/h1-15H;2-7H,1H2;1H. The van der Waals surface area contributed by atoms with Crippen molar-refractivity contribution in [2.24, 2.45) is 0 Å². The van der Waals surface area contributed by atoms with Crippen LogP contribution in [0.2, 0.25) is 0 Å². The van der Waals surface area contributed by atoms with Gasteiger partial charge in [-0.05, 0) is 29.4 Å². The minimum absolute atomic E-state index is 0. The highest BCUT2D eigenvalue weighted by Crippen LogP contribution is 2.32. The maximum Gasteiger partial charge on any atom is -0.0134 e. The fourth-order valence-corrected chi connectivity index (χ4v) is 5.07. The van der Waals surface area contributed by atoms with Gasteiger partial charge in [0.25, 0.3) is 0 Å². The molecule has 0 saturated heterocycles. The van der Waals surface area contributed by atoms with E-state index in [-0.39, 0.29) is 12.4 Å². The zero-order valence-electron chi connectivity index (χ0n) is 15.7. The molecule has 0 aromatic heterocycles. The van der Waals surface area contributed by atoms with Crippen LogP contribution < -0.4 is 15.9 Å². The Morgan fingerprint density at radius 1 is 0.464 bits per heavy atom. The van der Waals surface area contributed by atoms with Gasteiger partial charge in [-0.3, -0.25) is 0 Å². The lowest BCUT2D eigenvalue weighted by atomic mass is 10.2. The average molecular weight is 403 g/mol. The molecule has 0 amide bonds. The fourth-order valence-electron chi connectivity index (χ4n) is 2.77. The van der Waals surface area contributed by atoms with Crippen molar-refractivity contribution in [2.45, 2.75) is 0 Å². The van der Waals surface area contributed by atoms with E-state index < -0.39 is 7.92 Å². The van der Waals surface area contributed by atoms with E-state index in [9.17, 15) is 0 Å². The van der Waals surface area contributed by atoms with Gasteiger partial charge in [0.15, 0.2) is 0 Å². The molecule has 140 valence electrons. The normalized spacial score (nSPS) is 9.61. The molecule has 0 unspecified atom stereocenters. The first kappa shape index (κ1) is 21.6. The Labute approximate surface area is 175 Å². The first-order valence-corrected chi connectivity index (χ1v) is 10.4. The molecule has 0 nitrogen and oxygen atoms in total. The Kier molecular flexibility index (Phi) is 9.22. The van der Waals surface area contributed by atoms with E-state index in [2.05, 4.69) is 97.6 Å². The van der Waals surface area contributed by atoms with Gasteiger partial charge in [-0.15, -0.1) is 12.4 Å². The zero-order valence-corrected chi connectivity index (χ0v) is 17.4. The van der Waals surface area contributed by atoms with E-state index in [0.29, 0.717) is 0 Å². The second-order valence-electron chi connectivity index (χ2n) is 5.96. The van der Waals surface area contributed by atoms with Gasteiger partial charge in [0.05, 0.1) is 0 Å². The molecule has 0 saturated carbocycles. The largest absolute Gasteiger partial charge is 0.147 e. The van der Waals surface area contributed by atoms with Crippen molar-refractivity contribution in [3.8, 4) is 0 Å². The molecule has 0 bridgehead atoms. The van der Waals surface area contributed by atoms with Crippen molar-refractivity contribution in [3.05, 3.63) is 133 Å². The van der Waals surface area contributed by atoms with E-state index in [1.807, 2.05) is 36.4 Å². The van der Waals surface area contributed by atoms with Gasteiger partial charge in [0.2, 0.25) is 0 Å². The van der Waals surface area contributed by atoms with E-state index in [1.54, 1.807) is 0 Å². The molecular formula is C26H24ClP. The van der Waals surface area contributed by atoms with Crippen molar-refractivity contribution in [2.75, 3.05) is 0 Å².